The number of pyridine rings is 1. The topological polar surface area (TPSA) is 95.5 Å². The first kappa shape index (κ1) is 27.1. The van der Waals surface area contributed by atoms with E-state index < -0.39 is 11.7 Å². The third-order valence-corrected chi connectivity index (χ3v) is 6.75. The molecule has 0 aliphatic carbocycles. The van der Waals surface area contributed by atoms with Crippen LogP contribution in [0.4, 0.5) is 30.6 Å². The summed E-state index contributed by atoms with van der Waals surface area (Å²) in [7, 11) is 3.34. The summed E-state index contributed by atoms with van der Waals surface area (Å²) in [5.74, 6) is 1.47. The number of hydrogen-bond acceptors (Lipinski definition) is 8. The molecule has 1 amide bonds. The van der Waals surface area contributed by atoms with Gasteiger partial charge in [-0.1, -0.05) is 6.07 Å². The molecule has 1 fully saturated rings. The van der Waals surface area contributed by atoms with Gasteiger partial charge in [-0.15, -0.1) is 0 Å². The fourth-order valence-corrected chi connectivity index (χ4v) is 4.62. The van der Waals surface area contributed by atoms with Gasteiger partial charge in [0, 0.05) is 62.3 Å². The van der Waals surface area contributed by atoms with Crippen LogP contribution in [0.5, 0.6) is 5.75 Å². The fourth-order valence-electron chi connectivity index (χ4n) is 4.62. The van der Waals surface area contributed by atoms with E-state index in [1.54, 1.807) is 20.4 Å². The fraction of sp³-hybridized carbons (Fsp3) is 0.286. The van der Waals surface area contributed by atoms with E-state index in [9.17, 15) is 18.0 Å². The Kier molecular flexibility index (Phi) is 7.69. The molecule has 2 aromatic carbocycles. The van der Waals surface area contributed by atoms with Crippen LogP contribution in [-0.4, -0.2) is 72.6 Å². The molecule has 0 unspecified atom stereocenters. The van der Waals surface area contributed by atoms with Gasteiger partial charge in [-0.25, -0.2) is 15.0 Å². The van der Waals surface area contributed by atoms with Crippen LogP contribution >= 0.6 is 0 Å². The van der Waals surface area contributed by atoms with Gasteiger partial charge in [-0.3, -0.25) is 9.69 Å². The Bertz CT molecular complexity index is 1500. The highest BCUT2D eigenvalue weighted by Gasteiger charge is 2.31. The van der Waals surface area contributed by atoms with Crippen LogP contribution in [0.15, 0.2) is 60.9 Å². The number of anilines is 3. The number of fused-ring (bicyclic) bond motifs is 1. The highest BCUT2D eigenvalue weighted by Crippen LogP contribution is 2.33. The lowest BCUT2D eigenvalue weighted by Gasteiger charge is -2.35. The Morgan fingerprint density at radius 1 is 1.02 bits per heavy atom. The van der Waals surface area contributed by atoms with Crippen molar-refractivity contribution in [2.45, 2.75) is 6.18 Å². The Morgan fingerprint density at radius 3 is 2.50 bits per heavy atom. The number of hydrogen-bond donors (Lipinski definition) is 2. The van der Waals surface area contributed by atoms with Crippen molar-refractivity contribution < 1.29 is 22.7 Å². The van der Waals surface area contributed by atoms with E-state index in [1.807, 2.05) is 46.2 Å². The quantitative estimate of drug-likeness (QED) is 0.346. The summed E-state index contributed by atoms with van der Waals surface area (Å²) in [5, 5.41) is 7.74. The van der Waals surface area contributed by atoms with E-state index >= 15 is 0 Å². The van der Waals surface area contributed by atoms with E-state index in [1.165, 1.54) is 6.07 Å². The number of alkyl halides is 3. The smallest absolute Gasteiger partial charge is 0.417 e. The van der Waals surface area contributed by atoms with Crippen molar-refractivity contribution in [3.8, 4) is 17.0 Å². The summed E-state index contributed by atoms with van der Waals surface area (Å²) in [4.78, 5) is 29.8. The molecule has 0 atom stereocenters. The maximum absolute atomic E-state index is 13.2. The number of methoxy groups -OCH3 is 1. The van der Waals surface area contributed by atoms with E-state index in [2.05, 4.69) is 25.6 Å². The maximum Gasteiger partial charge on any atom is 0.417 e. The molecule has 12 heteroatoms. The van der Waals surface area contributed by atoms with Crippen LogP contribution in [0.25, 0.3) is 22.0 Å². The van der Waals surface area contributed by atoms with E-state index in [4.69, 9.17) is 4.74 Å². The maximum atomic E-state index is 13.2. The van der Waals surface area contributed by atoms with Crippen molar-refractivity contribution in [3.05, 3.63) is 66.5 Å². The Hall–Kier alpha value is -4.45. The van der Waals surface area contributed by atoms with E-state index in [0.717, 1.165) is 28.6 Å². The number of nitrogens with zero attached hydrogens (tertiary/aromatic N) is 5. The highest BCUT2D eigenvalue weighted by molar-refractivity contribution is 6.05. The molecular formula is C28H28F3N7O2. The molecule has 0 bridgehead atoms. The zero-order valence-electron chi connectivity index (χ0n) is 22.0. The Labute approximate surface area is 229 Å². The van der Waals surface area contributed by atoms with Crippen molar-refractivity contribution >= 4 is 34.1 Å². The van der Waals surface area contributed by atoms with Gasteiger partial charge < -0.3 is 20.3 Å². The molecule has 208 valence electrons. The second kappa shape index (κ2) is 11.3. The summed E-state index contributed by atoms with van der Waals surface area (Å²) in [6.45, 7) is 2.39. The minimum Gasteiger partial charge on any atom is -0.497 e. The molecule has 2 N–H and O–H groups in total. The second-order valence-corrected chi connectivity index (χ2v) is 9.34. The summed E-state index contributed by atoms with van der Waals surface area (Å²) < 4.78 is 43.9. The molecule has 0 radical (unpaired) electrons. The monoisotopic (exact) mass is 551 g/mol. The van der Waals surface area contributed by atoms with Crippen molar-refractivity contribution in [2.24, 2.45) is 0 Å². The van der Waals surface area contributed by atoms with Gasteiger partial charge in [0.2, 0.25) is 11.9 Å². The van der Waals surface area contributed by atoms with Crippen LogP contribution < -0.4 is 20.3 Å². The summed E-state index contributed by atoms with van der Waals surface area (Å²) in [6.07, 6.45) is -1.90. The number of carbonyl (C=O) groups is 1. The van der Waals surface area contributed by atoms with Gasteiger partial charge in [0.05, 0.1) is 24.9 Å². The van der Waals surface area contributed by atoms with Gasteiger partial charge in [0.15, 0.2) is 0 Å². The van der Waals surface area contributed by atoms with Gasteiger partial charge in [-0.05, 0) is 47.9 Å². The zero-order chi connectivity index (χ0) is 28.3. The summed E-state index contributed by atoms with van der Waals surface area (Å²) in [6, 6.07) is 13.8. The molecule has 5 rings (SSSR count). The van der Waals surface area contributed by atoms with Gasteiger partial charge in [-0.2, -0.15) is 13.2 Å². The predicted molar refractivity (Wildman–Crippen MR) is 148 cm³/mol. The summed E-state index contributed by atoms with van der Waals surface area (Å²) in [5.41, 5.74) is 1.39. The number of carbonyl (C=O) groups excluding carboxylic acids is 1. The number of piperazine rings is 1. The molecule has 3 heterocycles. The van der Waals surface area contributed by atoms with Crippen LogP contribution in [0.2, 0.25) is 0 Å². The Morgan fingerprint density at radius 2 is 1.82 bits per heavy atom. The lowest BCUT2D eigenvalue weighted by molar-refractivity contribution is -0.137. The van der Waals surface area contributed by atoms with Crippen LogP contribution in [0, 0.1) is 0 Å². The molecular weight excluding hydrogens is 523 g/mol. The molecule has 1 aliphatic heterocycles. The van der Waals surface area contributed by atoms with Crippen molar-refractivity contribution in [2.75, 3.05) is 62.4 Å². The van der Waals surface area contributed by atoms with Crippen molar-refractivity contribution in [1.82, 2.24) is 19.9 Å². The summed E-state index contributed by atoms with van der Waals surface area (Å²) >= 11 is 0. The molecule has 40 heavy (non-hydrogen) atoms. The molecule has 1 aliphatic rings. The minimum absolute atomic E-state index is 0.168. The number of halogens is 3. The highest BCUT2D eigenvalue weighted by atomic mass is 19.4. The normalized spacial score (nSPS) is 14.3. The van der Waals surface area contributed by atoms with Crippen LogP contribution in [0.3, 0.4) is 0 Å². The van der Waals surface area contributed by atoms with Crippen molar-refractivity contribution in [3.63, 3.8) is 0 Å². The zero-order valence-corrected chi connectivity index (χ0v) is 22.0. The van der Waals surface area contributed by atoms with Gasteiger partial charge in [0.1, 0.15) is 11.6 Å². The lowest BCUT2D eigenvalue weighted by atomic mass is 10.0. The number of rotatable bonds is 7. The number of amides is 1. The van der Waals surface area contributed by atoms with Crippen LogP contribution in [0.1, 0.15) is 5.56 Å². The standard InChI is InChI=1S/C28H28F3N7O2/c1-32-27-33-8-7-23(36-27)19-13-18-3-5-21(40-2)15-22(18)24(14-19)35-26(39)17-37-9-11-38(12-10-37)25-6-4-20(16-34-25)28(29,30)31/h3-8,13-16H,9-12,17H2,1-2H3,(H,35,39)(H,32,33,36). The molecule has 0 saturated carbocycles. The largest absolute Gasteiger partial charge is 0.497 e. The lowest BCUT2D eigenvalue weighted by Crippen LogP contribution is -2.49. The molecule has 2 aromatic heterocycles. The molecule has 1 saturated heterocycles. The van der Waals surface area contributed by atoms with Gasteiger partial charge in [0.25, 0.3) is 0 Å². The first-order valence-corrected chi connectivity index (χ1v) is 12.7. The number of benzene rings is 2. The van der Waals surface area contributed by atoms with Crippen molar-refractivity contribution in [1.29, 1.82) is 0 Å². The Balaban J connectivity index is 1.29. The first-order chi connectivity index (χ1) is 19.2. The number of aromatic nitrogens is 3. The SMILES string of the molecule is CNc1nccc(-c2cc(NC(=O)CN3CCN(c4ccc(C(F)(F)F)cn4)CC3)c3cc(OC)ccc3c2)n1. The number of nitrogens with one attached hydrogen (secondary N) is 2. The molecule has 0 spiro atoms. The predicted octanol–water partition coefficient (Wildman–Crippen LogP) is 4.52. The van der Waals surface area contributed by atoms with E-state index in [0.29, 0.717) is 55.1 Å². The average molecular weight is 552 g/mol. The minimum atomic E-state index is -4.42. The average Bonchev–Trinajstić information content (AvgIpc) is 2.97. The third kappa shape index (κ3) is 6.07. The number of ether oxygens (including phenoxy) is 1. The third-order valence-electron chi connectivity index (χ3n) is 6.75. The van der Waals surface area contributed by atoms with Crippen LogP contribution in [-0.2, 0) is 11.0 Å². The van der Waals surface area contributed by atoms with Gasteiger partial charge >= 0.3 is 6.18 Å². The molecule has 9 nitrogen and oxygen atoms in total. The van der Waals surface area contributed by atoms with E-state index in [-0.39, 0.29) is 12.5 Å². The molecule has 4 aromatic rings. The second-order valence-electron chi connectivity index (χ2n) is 9.34. The first-order valence-electron chi connectivity index (χ1n) is 12.7.